The number of thiophene rings is 1. The number of aromatic nitrogens is 2. The van der Waals surface area contributed by atoms with Crippen LogP contribution in [0.2, 0.25) is 0 Å². The van der Waals surface area contributed by atoms with Gasteiger partial charge in [0.2, 0.25) is 0 Å². The number of nitrogens with zero attached hydrogens (tertiary/aromatic N) is 2. The standard InChI is InChI=1S/C23H16FN3O4S/c1-12-21(29)26-17-8-14(4-7-19(17)31-12)18(28)9-27-11-25-22-20(23(27)30)16(10-32-22)13-2-5-15(24)6-3-13/h2-8,10-12H,9H2,1H3,(H,26,29). The molecular weight excluding hydrogens is 433 g/mol. The van der Waals surface area contributed by atoms with Gasteiger partial charge in [0.1, 0.15) is 16.4 Å². The van der Waals surface area contributed by atoms with Crippen molar-refractivity contribution < 1.29 is 18.7 Å². The fourth-order valence-electron chi connectivity index (χ4n) is 3.55. The third-order valence-electron chi connectivity index (χ3n) is 5.26. The Hall–Kier alpha value is -3.85. The van der Waals surface area contributed by atoms with Gasteiger partial charge in [-0.1, -0.05) is 12.1 Å². The lowest BCUT2D eigenvalue weighted by atomic mass is 10.1. The van der Waals surface area contributed by atoms with Crippen molar-refractivity contribution in [1.29, 1.82) is 0 Å². The molecule has 0 spiro atoms. The van der Waals surface area contributed by atoms with Crippen LogP contribution in [0.25, 0.3) is 21.3 Å². The number of nitrogens with one attached hydrogen (secondary N) is 1. The molecule has 0 saturated carbocycles. The number of carbonyl (C=O) groups excluding carboxylic acids is 2. The maximum Gasteiger partial charge on any atom is 0.265 e. The number of Topliss-reactive ketones (excluding diaryl/α,β-unsaturated/α-hetero) is 1. The van der Waals surface area contributed by atoms with Crippen molar-refractivity contribution in [1.82, 2.24) is 9.55 Å². The van der Waals surface area contributed by atoms with Crippen LogP contribution >= 0.6 is 11.3 Å². The molecule has 1 atom stereocenters. The number of ketones is 1. The molecular formula is C23H16FN3O4S. The summed E-state index contributed by atoms with van der Waals surface area (Å²) >= 11 is 1.31. The minimum atomic E-state index is -0.610. The van der Waals surface area contributed by atoms with Gasteiger partial charge in [-0.2, -0.15) is 0 Å². The first kappa shape index (κ1) is 20.1. The highest BCUT2D eigenvalue weighted by atomic mass is 32.1. The topological polar surface area (TPSA) is 90.3 Å². The Balaban J connectivity index is 1.48. The van der Waals surface area contributed by atoms with Crippen LogP contribution < -0.4 is 15.6 Å². The second-order valence-corrected chi connectivity index (χ2v) is 8.26. The van der Waals surface area contributed by atoms with E-state index in [1.54, 1.807) is 36.6 Å². The molecule has 0 aliphatic carbocycles. The summed E-state index contributed by atoms with van der Waals surface area (Å²) in [6, 6.07) is 10.6. The summed E-state index contributed by atoms with van der Waals surface area (Å²) in [4.78, 5) is 42.7. The van der Waals surface area contributed by atoms with E-state index in [2.05, 4.69) is 10.3 Å². The lowest BCUT2D eigenvalue weighted by molar-refractivity contribution is -0.122. The molecule has 9 heteroatoms. The number of halogens is 1. The van der Waals surface area contributed by atoms with Crippen LogP contribution in [0.4, 0.5) is 10.1 Å². The molecule has 1 N–H and O–H groups in total. The predicted octanol–water partition coefficient (Wildman–Crippen LogP) is 3.87. The molecule has 1 aliphatic heterocycles. The number of carbonyl (C=O) groups is 2. The van der Waals surface area contributed by atoms with E-state index in [4.69, 9.17) is 4.74 Å². The molecule has 7 nitrogen and oxygen atoms in total. The van der Waals surface area contributed by atoms with Gasteiger partial charge < -0.3 is 10.1 Å². The fraction of sp³-hybridized carbons (Fsp3) is 0.130. The van der Waals surface area contributed by atoms with Gasteiger partial charge in [0.25, 0.3) is 11.5 Å². The molecule has 2 aromatic carbocycles. The molecule has 1 amide bonds. The third-order valence-corrected chi connectivity index (χ3v) is 6.15. The van der Waals surface area contributed by atoms with Crippen LogP contribution in [0, 0.1) is 5.82 Å². The summed E-state index contributed by atoms with van der Waals surface area (Å²) in [5.74, 6) is -0.493. The van der Waals surface area contributed by atoms with Gasteiger partial charge in [-0.05, 0) is 42.8 Å². The molecule has 0 bridgehead atoms. The quantitative estimate of drug-likeness (QED) is 0.478. The first-order valence-corrected chi connectivity index (χ1v) is 10.7. The summed E-state index contributed by atoms with van der Waals surface area (Å²) in [5, 5.41) is 4.89. The zero-order chi connectivity index (χ0) is 22.4. The monoisotopic (exact) mass is 449 g/mol. The van der Waals surface area contributed by atoms with Gasteiger partial charge >= 0.3 is 0 Å². The van der Waals surface area contributed by atoms with E-state index in [0.29, 0.717) is 38.3 Å². The molecule has 160 valence electrons. The van der Waals surface area contributed by atoms with Crippen molar-refractivity contribution in [2.45, 2.75) is 19.6 Å². The third kappa shape index (κ3) is 3.46. The lowest BCUT2D eigenvalue weighted by Gasteiger charge is -2.23. The van der Waals surface area contributed by atoms with E-state index in [0.717, 1.165) is 0 Å². The zero-order valence-electron chi connectivity index (χ0n) is 16.8. The van der Waals surface area contributed by atoms with Crippen LogP contribution in [0.5, 0.6) is 5.75 Å². The molecule has 0 radical (unpaired) electrons. The number of anilines is 1. The maximum atomic E-state index is 13.3. The SMILES string of the molecule is CC1Oc2ccc(C(=O)Cn3cnc4scc(-c5ccc(F)cc5)c4c3=O)cc2NC1=O. The number of benzene rings is 2. The summed E-state index contributed by atoms with van der Waals surface area (Å²) in [6.07, 6.45) is 0.736. The number of hydrogen-bond donors (Lipinski definition) is 1. The van der Waals surface area contributed by atoms with Crippen molar-refractivity contribution in [3.63, 3.8) is 0 Å². The van der Waals surface area contributed by atoms with E-state index in [1.165, 1.54) is 40.4 Å². The minimum absolute atomic E-state index is 0.218. The minimum Gasteiger partial charge on any atom is -0.479 e. The van der Waals surface area contributed by atoms with E-state index >= 15 is 0 Å². The highest BCUT2D eigenvalue weighted by Crippen LogP contribution is 2.32. The average molecular weight is 449 g/mol. The molecule has 4 aromatic rings. The van der Waals surface area contributed by atoms with Gasteiger partial charge in [-0.15, -0.1) is 11.3 Å². The van der Waals surface area contributed by atoms with Crippen LogP contribution in [0.15, 0.2) is 59.0 Å². The predicted molar refractivity (Wildman–Crippen MR) is 119 cm³/mol. The Morgan fingerprint density at radius 2 is 2.00 bits per heavy atom. The van der Waals surface area contributed by atoms with Crippen LogP contribution in [-0.2, 0) is 11.3 Å². The Kier molecular flexibility index (Phi) is 4.82. The Morgan fingerprint density at radius 3 is 2.78 bits per heavy atom. The Morgan fingerprint density at radius 1 is 1.22 bits per heavy atom. The molecule has 0 saturated heterocycles. The lowest BCUT2D eigenvalue weighted by Crippen LogP contribution is -2.34. The largest absolute Gasteiger partial charge is 0.479 e. The molecule has 3 heterocycles. The van der Waals surface area contributed by atoms with Gasteiger partial charge in [-0.3, -0.25) is 19.0 Å². The Bertz CT molecular complexity index is 1440. The van der Waals surface area contributed by atoms with Crippen molar-refractivity contribution in [3.05, 3.63) is 75.9 Å². The summed E-state index contributed by atoms with van der Waals surface area (Å²) in [7, 11) is 0. The normalized spacial score (nSPS) is 15.2. The van der Waals surface area contributed by atoms with Crippen molar-refractivity contribution in [3.8, 4) is 16.9 Å². The molecule has 1 unspecified atom stereocenters. The Labute approximate surface area is 185 Å². The van der Waals surface area contributed by atoms with Gasteiger partial charge in [0.15, 0.2) is 11.9 Å². The van der Waals surface area contributed by atoms with Gasteiger partial charge in [-0.25, -0.2) is 9.37 Å². The highest BCUT2D eigenvalue weighted by molar-refractivity contribution is 7.17. The average Bonchev–Trinajstić information content (AvgIpc) is 3.21. The smallest absolute Gasteiger partial charge is 0.265 e. The highest BCUT2D eigenvalue weighted by Gasteiger charge is 2.24. The van der Waals surface area contributed by atoms with Crippen molar-refractivity contribution in [2.24, 2.45) is 0 Å². The first-order chi connectivity index (χ1) is 15.4. The molecule has 5 rings (SSSR count). The number of amides is 1. The number of rotatable bonds is 4. The van der Waals surface area contributed by atoms with E-state index < -0.39 is 6.10 Å². The van der Waals surface area contributed by atoms with E-state index in [-0.39, 0.29) is 29.6 Å². The number of hydrogen-bond acceptors (Lipinski definition) is 6. The van der Waals surface area contributed by atoms with Crippen LogP contribution in [0.1, 0.15) is 17.3 Å². The summed E-state index contributed by atoms with van der Waals surface area (Å²) in [6.45, 7) is 1.42. The van der Waals surface area contributed by atoms with Crippen molar-refractivity contribution in [2.75, 3.05) is 5.32 Å². The molecule has 32 heavy (non-hydrogen) atoms. The maximum absolute atomic E-state index is 13.3. The van der Waals surface area contributed by atoms with Gasteiger partial charge in [0.05, 0.1) is 23.9 Å². The van der Waals surface area contributed by atoms with Crippen molar-refractivity contribution >= 4 is 38.9 Å². The zero-order valence-corrected chi connectivity index (χ0v) is 17.6. The summed E-state index contributed by atoms with van der Waals surface area (Å²) < 4.78 is 20.1. The molecule has 1 aliphatic rings. The van der Waals surface area contributed by atoms with Crippen LogP contribution in [-0.4, -0.2) is 27.3 Å². The second kappa shape index (κ2) is 7.69. The fourth-order valence-corrected chi connectivity index (χ4v) is 4.46. The van der Waals surface area contributed by atoms with E-state index in [1.807, 2.05) is 0 Å². The van der Waals surface area contributed by atoms with E-state index in [9.17, 15) is 18.8 Å². The molecule has 0 fully saturated rings. The van der Waals surface area contributed by atoms with Gasteiger partial charge in [0, 0.05) is 16.5 Å². The number of fused-ring (bicyclic) bond motifs is 2. The number of ether oxygens (including phenoxy) is 1. The molecule has 2 aromatic heterocycles. The second-order valence-electron chi connectivity index (χ2n) is 7.40. The summed E-state index contributed by atoms with van der Waals surface area (Å²) in [5.41, 5.74) is 1.73. The van der Waals surface area contributed by atoms with Crippen LogP contribution in [0.3, 0.4) is 0 Å². The first-order valence-electron chi connectivity index (χ1n) is 9.78.